The summed E-state index contributed by atoms with van der Waals surface area (Å²) < 4.78 is 24.8. The molecule has 2 aromatic carbocycles. The maximum absolute atomic E-state index is 13.4. The molecule has 0 spiro atoms. The highest BCUT2D eigenvalue weighted by atomic mass is 32.2. The Balaban J connectivity index is 1.90. The Bertz CT molecular complexity index is 1270. The van der Waals surface area contributed by atoms with Crippen LogP contribution in [0.4, 0.5) is 0 Å². The van der Waals surface area contributed by atoms with Crippen molar-refractivity contribution in [3.8, 4) is 5.75 Å². The van der Waals surface area contributed by atoms with Gasteiger partial charge >= 0.3 is 0 Å². The molecule has 1 saturated heterocycles. The van der Waals surface area contributed by atoms with Gasteiger partial charge in [-0.05, 0) is 51.8 Å². The number of phenolic OH excluding ortho intramolecular Hbond substituents is 1. The van der Waals surface area contributed by atoms with Crippen molar-refractivity contribution in [1.29, 1.82) is 0 Å². The number of carbonyl (C=O) groups excluding carboxylic acids is 3. The van der Waals surface area contributed by atoms with Crippen molar-refractivity contribution in [3.63, 3.8) is 0 Å². The van der Waals surface area contributed by atoms with Crippen LogP contribution in [0.25, 0.3) is 0 Å². The van der Waals surface area contributed by atoms with E-state index < -0.39 is 62.9 Å². The molecule has 37 heavy (non-hydrogen) atoms. The van der Waals surface area contributed by atoms with Gasteiger partial charge in [0.1, 0.15) is 17.7 Å². The van der Waals surface area contributed by atoms with Crippen molar-refractivity contribution in [3.05, 3.63) is 65.2 Å². The van der Waals surface area contributed by atoms with Gasteiger partial charge in [-0.1, -0.05) is 36.4 Å². The van der Waals surface area contributed by atoms with Crippen molar-refractivity contribution >= 4 is 27.6 Å². The highest BCUT2D eigenvalue weighted by Crippen LogP contribution is 2.22. The molecule has 1 aliphatic heterocycles. The van der Waals surface area contributed by atoms with Crippen LogP contribution in [0.3, 0.4) is 0 Å². The van der Waals surface area contributed by atoms with Gasteiger partial charge in [0.15, 0.2) is 15.9 Å². The quantitative estimate of drug-likeness (QED) is 0.414. The van der Waals surface area contributed by atoms with Gasteiger partial charge < -0.3 is 25.7 Å². The molecule has 2 aromatic rings. The lowest BCUT2D eigenvalue weighted by Crippen LogP contribution is -2.57. The molecular formula is C26H33N3O7S. The number of hydrogen-bond acceptors (Lipinski definition) is 7. The van der Waals surface area contributed by atoms with E-state index in [9.17, 15) is 33.0 Å². The molecule has 0 bridgehead atoms. The molecule has 0 unspecified atom stereocenters. The van der Waals surface area contributed by atoms with Crippen LogP contribution in [0.15, 0.2) is 48.5 Å². The number of nitrogens with one attached hydrogen (secondary N) is 2. The number of aliphatic hydroxyl groups excluding tert-OH is 1. The average molecular weight is 532 g/mol. The molecule has 1 heterocycles. The molecule has 3 rings (SSSR count). The van der Waals surface area contributed by atoms with Crippen LogP contribution in [-0.2, 0) is 25.8 Å². The lowest BCUT2D eigenvalue weighted by Gasteiger charge is -2.31. The summed E-state index contributed by atoms with van der Waals surface area (Å²) in [7, 11) is -3.77. The van der Waals surface area contributed by atoms with Gasteiger partial charge in [0, 0.05) is 16.7 Å². The molecule has 3 atom stereocenters. The predicted molar refractivity (Wildman–Crippen MR) is 137 cm³/mol. The number of benzene rings is 2. The van der Waals surface area contributed by atoms with Crippen molar-refractivity contribution in [2.24, 2.45) is 0 Å². The minimum atomic E-state index is -3.77. The van der Waals surface area contributed by atoms with Gasteiger partial charge in [-0.3, -0.25) is 14.4 Å². The largest absolute Gasteiger partial charge is 0.508 e. The molecule has 0 aliphatic carbocycles. The van der Waals surface area contributed by atoms with E-state index in [0.29, 0.717) is 11.1 Å². The van der Waals surface area contributed by atoms with E-state index in [1.807, 2.05) is 0 Å². The molecule has 10 nitrogen and oxygen atoms in total. The molecule has 200 valence electrons. The first-order chi connectivity index (χ1) is 17.2. The molecule has 3 amide bonds. The third-order valence-electron chi connectivity index (χ3n) is 6.01. The number of aliphatic hydroxyl groups is 1. The van der Waals surface area contributed by atoms with Gasteiger partial charge in [0.25, 0.3) is 11.8 Å². The highest BCUT2D eigenvalue weighted by Gasteiger charge is 2.46. The summed E-state index contributed by atoms with van der Waals surface area (Å²) in [5.41, 5.74) is 0.524. The Morgan fingerprint density at radius 3 is 2.35 bits per heavy atom. The molecular weight excluding hydrogens is 498 g/mol. The summed E-state index contributed by atoms with van der Waals surface area (Å²) in [4.78, 5) is 40.2. The Morgan fingerprint density at radius 2 is 1.73 bits per heavy atom. The summed E-state index contributed by atoms with van der Waals surface area (Å²) >= 11 is 0. The second kappa shape index (κ2) is 10.9. The Labute approximate surface area is 216 Å². The molecule has 0 radical (unpaired) electrons. The smallest absolute Gasteiger partial charge is 0.255 e. The van der Waals surface area contributed by atoms with Crippen LogP contribution in [0.5, 0.6) is 5.75 Å². The number of amides is 3. The minimum absolute atomic E-state index is 0.0524. The van der Waals surface area contributed by atoms with Gasteiger partial charge in [-0.15, -0.1) is 0 Å². The Kier molecular flexibility index (Phi) is 8.28. The Morgan fingerprint density at radius 1 is 1.08 bits per heavy atom. The highest BCUT2D eigenvalue weighted by molar-refractivity contribution is 7.91. The van der Waals surface area contributed by atoms with Gasteiger partial charge in [0.2, 0.25) is 5.91 Å². The topological polar surface area (TPSA) is 153 Å². The van der Waals surface area contributed by atoms with Crippen LogP contribution in [-0.4, -0.2) is 76.6 Å². The van der Waals surface area contributed by atoms with E-state index in [1.54, 1.807) is 58.0 Å². The van der Waals surface area contributed by atoms with Crippen molar-refractivity contribution in [2.45, 2.75) is 57.8 Å². The Hall–Kier alpha value is -3.44. The summed E-state index contributed by atoms with van der Waals surface area (Å²) in [6, 6.07) is 10.8. The molecule has 11 heteroatoms. The van der Waals surface area contributed by atoms with Gasteiger partial charge in [-0.2, -0.15) is 0 Å². The lowest BCUT2D eigenvalue weighted by atomic mass is 9.98. The number of rotatable bonds is 7. The fourth-order valence-electron chi connectivity index (χ4n) is 4.14. The first-order valence-corrected chi connectivity index (χ1v) is 13.6. The first-order valence-electron chi connectivity index (χ1n) is 11.8. The standard InChI is InChI=1S/C26H33N3O7S/c1-16-18(11-8-12-21(16)30)23(32)27-19(13-17-9-6-5-7-10-17)22(31)25(34)29-15-37(35,36)14-20(29)24(33)28-26(2,3)4/h5-12,19-20,22,30-31H,13-15H2,1-4H3,(H,27,32)(H,28,33)/t19-,20-,22-/m0/s1. The molecule has 0 aromatic heterocycles. The van der Waals surface area contributed by atoms with Gasteiger partial charge in [-0.25, -0.2) is 8.42 Å². The third-order valence-corrected chi connectivity index (χ3v) is 7.50. The first kappa shape index (κ1) is 28.1. The zero-order chi connectivity index (χ0) is 27.5. The van der Waals surface area contributed by atoms with Crippen molar-refractivity contribution in [1.82, 2.24) is 15.5 Å². The number of carbonyl (C=O) groups is 3. The molecule has 0 saturated carbocycles. The zero-order valence-electron chi connectivity index (χ0n) is 21.3. The zero-order valence-corrected chi connectivity index (χ0v) is 22.1. The summed E-state index contributed by atoms with van der Waals surface area (Å²) in [5, 5.41) is 26.5. The van der Waals surface area contributed by atoms with Crippen molar-refractivity contribution < 1.29 is 33.0 Å². The summed E-state index contributed by atoms with van der Waals surface area (Å²) in [6.45, 7) is 6.74. The average Bonchev–Trinajstić information content (AvgIpc) is 3.14. The second-order valence-electron chi connectivity index (χ2n) is 10.3. The molecule has 1 aliphatic rings. The minimum Gasteiger partial charge on any atom is -0.508 e. The van der Waals surface area contributed by atoms with E-state index in [0.717, 1.165) is 4.90 Å². The predicted octanol–water partition coefficient (Wildman–Crippen LogP) is 0.900. The van der Waals surface area contributed by atoms with Crippen LogP contribution in [0.2, 0.25) is 0 Å². The molecule has 1 fully saturated rings. The fourth-order valence-corrected chi connectivity index (χ4v) is 5.79. The van der Waals surface area contributed by atoms with E-state index >= 15 is 0 Å². The second-order valence-corrected chi connectivity index (χ2v) is 12.3. The van der Waals surface area contributed by atoms with Gasteiger partial charge in [0.05, 0.1) is 11.8 Å². The summed E-state index contributed by atoms with van der Waals surface area (Å²) in [5.74, 6) is -3.62. The summed E-state index contributed by atoms with van der Waals surface area (Å²) in [6.07, 6.45) is -1.79. The number of sulfone groups is 1. The van der Waals surface area contributed by atoms with E-state index in [1.165, 1.54) is 18.2 Å². The van der Waals surface area contributed by atoms with Crippen LogP contribution in [0, 0.1) is 6.92 Å². The van der Waals surface area contributed by atoms with Crippen LogP contribution >= 0.6 is 0 Å². The van der Waals surface area contributed by atoms with Crippen molar-refractivity contribution in [2.75, 3.05) is 11.6 Å². The van der Waals surface area contributed by atoms with E-state index in [4.69, 9.17) is 0 Å². The third kappa shape index (κ3) is 7.07. The number of aromatic hydroxyl groups is 1. The maximum Gasteiger partial charge on any atom is 0.255 e. The number of hydrogen-bond donors (Lipinski definition) is 4. The SMILES string of the molecule is Cc1c(O)cccc1C(=O)N[C@@H](Cc1ccccc1)[C@H](O)C(=O)N1CS(=O)(=O)C[C@H]1C(=O)NC(C)(C)C. The van der Waals surface area contributed by atoms with Crippen LogP contribution in [0.1, 0.15) is 42.3 Å². The van der Waals surface area contributed by atoms with E-state index in [-0.39, 0.29) is 17.7 Å². The number of nitrogens with zero attached hydrogens (tertiary/aromatic N) is 1. The lowest BCUT2D eigenvalue weighted by molar-refractivity contribution is -0.146. The van der Waals surface area contributed by atoms with Crippen LogP contribution < -0.4 is 10.6 Å². The fraction of sp³-hybridized carbons (Fsp3) is 0.423. The maximum atomic E-state index is 13.4. The van der Waals surface area contributed by atoms with E-state index in [2.05, 4.69) is 10.6 Å². The monoisotopic (exact) mass is 531 g/mol. The normalized spacial score (nSPS) is 18.6. The number of phenols is 1. The molecule has 4 N–H and O–H groups in total.